The van der Waals surface area contributed by atoms with Crippen molar-refractivity contribution in [3.8, 4) is 0 Å². The third-order valence-corrected chi connectivity index (χ3v) is 11.6. The maximum absolute atomic E-state index is 14.7. The van der Waals surface area contributed by atoms with Crippen LogP contribution < -0.4 is 9.62 Å². The molecule has 2 amide bonds. The summed E-state index contributed by atoms with van der Waals surface area (Å²) in [7, 11) is -4.34. The number of carbonyl (C=O) groups is 2. The van der Waals surface area contributed by atoms with Gasteiger partial charge in [0.15, 0.2) is 0 Å². The molecular formula is C36H35Cl4N3O4S. The first-order chi connectivity index (χ1) is 23.0. The number of nitrogens with zero attached hydrogens (tertiary/aromatic N) is 2. The molecule has 0 heterocycles. The first kappa shape index (κ1) is 36.0. The van der Waals surface area contributed by atoms with Gasteiger partial charge in [0.05, 0.1) is 20.6 Å². The van der Waals surface area contributed by atoms with Crippen LogP contribution in [0.25, 0.3) is 0 Å². The van der Waals surface area contributed by atoms with Crippen molar-refractivity contribution in [1.29, 1.82) is 0 Å². The summed E-state index contributed by atoms with van der Waals surface area (Å²) in [5, 5.41) is 3.98. The predicted octanol–water partition coefficient (Wildman–Crippen LogP) is 8.58. The predicted molar refractivity (Wildman–Crippen MR) is 193 cm³/mol. The van der Waals surface area contributed by atoms with Crippen LogP contribution >= 0.6 is 46.4 Å². The van der Waals surface area contributed by atoms with Crippen LogP contribution in [0.4, 0.5) is 5.69 Å². The van der Waals surface area contributed by atoms with Crippen LogP contribution in [0.5, 0.6) is 0 Å². The summed E-state index contributed by atoms with van der Waals surface area (Å²) in [6.07, 6.45) is 4.99. The first-order valence-electron chi connectivity index (χ1n) is 15.6. The molecule has 252 valence electrons. The van der Waals surface area contributed by atoms with Gasteiger partial charge < -0.3 is 10.2 Å². The molecule has 7 nitrogen and oxygen atoms in total. The fourth-order valence-corrected chi connectivity index (χ4v) is 8.21. The van der Waals surface area contributed by atoms with Crippen molar-refractivity contribution in [3.05, 3.63) is 128 Å². The highest BCUT2D eigenvalue weighted by atomic mass is 35.5. The minimum atomic E-state index is -4.34. The smallest absolute Gasteiger partial charge is 0.264 e. The van der Waals surface area contributed by atoms with Gasteiger partial charge >= 0.3 is 0 Å². The summed E-state index contributed by atoms with van der Waals surface area (Å²) < 4.78 is 29.3. The lowest BCUT2D eigenvalue weighted by molar-refractivity contribution is -0.140. The van der Waals surface area contributed by atoms with Gasteiger partial charge in [-0.15, -0.1) is 0 Å². The molecule has 1 atom stereocenters. The third kappa shape index (κ3) is 8.84. The van der Waals surface area contributed by atoms with Crippen molar-refractivity contribution in [1.82, 2.24) is 10.2 Å². The number of sulfonamides is 1. The van der Waals surface area contributed by atoms with Crippen molar-refractivity contribution in [2.45, 2.75) is 62.0 Å². The van der Waals surface area contributed by atoms with Gasteiger partial charge in [-0.3, -0.25) is 13.9 Å². The van der Waals surface area contributed by atoms with Gasteiger partial charge in [-0.1, -0.05) is 126 Å². The lowest BCUT2D eigenvalue weighted by atomic mass is 9.94. The fourth-order valence-electron chi connectivity index (χ4n) is 5.85. The van der Waals surface area contributed by atoms with E-state index in [9.17, 15) is 18.0 Å². The Morgan fingerprint density at radius 1 is 0.792 bits per heavy atom. The number of anilines is 1. The normalized spacial score (nSPS) is 14.2. The first-order valence-corrected chi connectivity index (χ1v) is 18.6. The summed E-state index contributed by atoms with van der Waals surface area (Å²) >= 11 is 25.7. The molecule has 1 aliphatic rings. The molecule has 1 N–H and O–H groups in total. The van der Waals surface area contributed by atoms with E-state index in [1.54, 1.807) is 42.5 Å². The van der Waals surface area contributed by atoms with Crippen LogP contribution in [0, 0.1) is 0 Å². The van der Waals surface area contributed by atoms with E-state index in [1.807, 2.05) is 30.3 Å². The molecule has 48 heavy (non-hydrogen) atoms. The topological polar surface area (TPSA) is 86.8 Å². The highest BCUT2D eigenvalue weighted by Crippen LogP contribution is 2.36. The van der Waals surface area contributed by atoms with Crippen molar-refractivity contribution in [2.75, 3.05) is 10.8 Å². The average Bonchev–Trinajstić information content (AvgIpc) is 3.08. The van der Waals surface area contributed by atoms with E-state index in [0.717, 1.165) is 42.0 Å². The molecular weight excluding hydrogens is 712 g/mol. The molecule has 4 aromatic rings. The Balaban J connectivity index is 1.60. The fraction of sp³-hybridized carbons (Fsp3) is 0.278. The van der Waals surface area contributed by atoms with Crippen LogP contribution in [0.15, 0.2) is 102 Å². The number of hydrogen-bond donors (Lipinski definition) is 1. The summed E-state index contributed by atoms with van der Waals surface area (Å²) in [6, 6.07) is 25.6. The lowest BCUT2D eigenvalue weighted by Gasteiger charge is -2.35. The minimum Gasteiger partial charge on any atom is -0.352 e. The van der Waals surface area contributed by atoms with E-state index >= 15 is 0 Å². The van der Waals surface area contributed by atoms with E-state index in [-0.39, 0.29) is 45.5 Å². The molecule has 1 fully saturated rings. The van der Waals surface area contributed by atoms with Crippen LogP contribution in [0.1, 0.15) is 43.2 Å². The van der Waals surface area contributed by atoms with Crippen molar-refractivity contribution >= 4 is 73.9 Å². The maximum atomic E-state index is 14.7. The average molecular weight is 748 g/mol. The monoisotopic (exact) mass is 745 g/mol. The number of amides is 2. The van der Waals surface area contributed by atoms with Gasteiger partial charge in [-0.05, 0) is 60.4 Å². The Morgan fingerprint density at radius 3 is 2.12 bits per heavy atom. The van der Waals surface area contributed by atoms with Gasteiger partial charge in [-0.2, -0.15) is 0 Å². The van der Waals surface area contributed by atoms with Gasteiger partial charge in [0, 0.05) is 29.1 Å². The van der Waals surface area contributed by atoms with E-state index in [0.29, 0.717) is 15.6 Å². The second-order valence-electron chi connectivity index (χ2n) is 11.7. The largest absolute Gasteiger partial charge is 0.352 e. The lowest BCUT2D eigenvalue weighted by Crippen LogP contribution is -2.55. The molecule has 4 aromatic carbocycles. The molecule has 0 radical (unpaired) electrons. The van der Waals surface area contributed by atoms with Gasteiger partial charge in [0.25, 0.3) is 10.0 Å². The SMILES string of the molecule is O=C(NC1CCCCC1)[C@@H](Cc1ccccc1)N(Cc1ccc(Cl)cc1Cl)C(=O)CN(c1cccc(Cl)c1Cl)S(=O)(=O)c1ccccc1. The van der Waals surface area contributed by atoms with Crippen molar-refractivity contribution in [3.63, 3.8) is 0 Å². The Hall–Kier alpha value is -3.27. The van der Waals surface area contributed by atoms with E-state index in [2.05, 4.69) is 5.32 Å². The molecule has 1 aliphatic carbocycles. The Labute approximate surface area is 301 Å². The zero-order valence-corrected chi connectivity index (χ0v) is 29.8. The highest BCUT2D eigenvalue weighted by Gasteiger charge is 2.36. The maximum Gasteiger partial charge on any atom is 0.264 e. The van der Waals surface area contributed by atoms with Gasteiger partial charge in [0.2, 0.25) is 11.8 Å². The quantitative estimate of drug-likeness (QED) is 0.157. The summed E-state index contributed by atoms with van der Waals surface area (Å²) in [5.41, 5.74) is 1.39. The number of carbonyl (C=O) groups excluding carboxylic acids is 2. The van der Waals surface area contributed by atoms with Crippen LogP contribution in [-0.4, -0.2) is 43.8 Å². The zero-order valence-electron chi connectivity index (χ0n) is 26.0. The molecule has 5 rings (SSSR count). The molecule has 0 unspecified atom stereocenters. The molecule has 0 bridgehead atoms. The zero-order chi connectivity index (χ0) is 34.3. The molecule has 1 saturated carbocycles. The van der Waals surface area contributed by atoms with Crippen LogP contribution in [-0.2, 0) is 32.6 Å². The minimum absolute atomic E-state index is 0.0251. The second-order valence-corrected chi connectivity index (χ2v) is 15.2. The number of halogens is 4. The number of hydrogen-bond acceptors (Lipinski definition) is 4. The molecule has 12 heteroatoms. The molecule has 0 spiro atoms. The van der Waals surface area contributed by atoms with Gasteiger partial charge in [-0.25, -0.2) is 8.42 Å². The van der Waals surface area contributed by atoms with Crippen molar-refractivity contribution in [2.24, 2.45) is 0 Å². The van der Waals surface area contributed by atoms with Crippen LogP contribution in [0.3, 0.4) is 0 Å². The summed E-state index contributed by atoms with van der Waals surface area (Å²) in [5.74, 6) is -0.973. The molecule has 0 aliphatic heterocycles. The Morgan fingerprint density at radius 2 is 1.46 bits per heavy atom. The molecule has 0 aromatic heterocycles. The summed E-state index contributed by atoms with van der Waals surface area (Å²) in [4.78, 5) is 30.3. The Kier molecular flexibility index (Phi) is 12.3. The number of rotatable bonds is 12. The Bertz CT molecular complexity index is 1840. The van der Waals surface area contributed by atoms with E-state index in [4.69, 9.17) is 46.4 Å². The third-order valence-electron chi connectivity index (χ3n) is 8.39. The second kappa shape index (κ2) is 16.4. The van der Waals surface area contributed by atoms with Gasteiger partial charge in [0.1, 0.15) is 12.6 Å². The van der Waals surface area contributed by atoms with E-state index < -0.39 is 28.5 Å². The number of nitrogens with one attached hydrogen (secondary N) is 1. The van der Waals surface area contributed by atoms with Crippen LogP contribution in [0.2, 0.25) is 20.1 Å². The number of benzene rings is 4. The molecule has 0 saturated heterocycles. The highest BCUT2D eigenvalue weighted by molar-refractivity contribution is 7.92. The summed E-state index contributed by atoms with van der Waals surface area (Å²) in [6.45, 7) is -0.766. The van der Waals surface area contributed by atoms with E-state index in [1.165, 1.54) is 29.2 Å². The van der Waals surface area contributed by atoms with Crippen molar-refractivity contribution < 1.29 is 18.0 Å². The standard InChI is InChI=1S/C36H35Cl4N3O4S/c37-27-20-19-26(31(39)22-27)23-42(33(21-25-11-4-1-5-12-25)36(45)41-28-13-6-2-7-14-28)34(44)24-43(32-18-10-17-30(38)35(32)40)48(46,47)29-15-8-3-9-16-29/h1,3-5,8-12,15-20,22,28,33H,2,6-7,13-14,21,23-24H2,(H,41,45)/t33-/m1/s1.